The van der Waals surface area contributed by atoms with Gasteiger partial charge in [0, 0.05) is 12.1 Å². The number of hydrogen-bond acceptors (Lipinski definition) is 4. The van der Waals surface area contributed by atoms with Gasteiger partial charge in [0.15, 0.2) is 0 Å². The molecule has 0 saturated heterocycles. The summed E-state index contributed by atoms with van der Waals surface area (Å²) in [5.41, 5.74) is 1.27. The maximum Gasteiger partial charge on any atom is 0.226 e. The van der Waals surface area contributed by atoms with Crippen molar-refractivity contribution in [2.75, 3.05) is 5.32 Å². The quantitative estimate of drug-likeness (QED) is 0.817. The molecule has 1 aromatic carbocycles. The second kappa shape index (κ2) is 5.92. The van der Waals surface area contributed by atoms with Crippen LogP contribution >= 0.6 is 0 Å². The van der Waals surface area contributed by atoms with Crippen molar-refractivity contribution in [2.24, 2.45) is 0 Å². The average molecular weight is 246 g/mol. The van der Waals surface area contributed by atoms with Crippen LogP contribution in [0, 0.1) is 0 Å². The molecule has 1 aromatic heterocycles. The van der Waals surface area contributed by atoms with Crippen molar-refractivity contribution in [2.45, 2.75) is 19.6 Å². The topological polar surface area (TPSA) is 80.0 Å². The molecule has 0 aliphatic carbocycles. The molecular weight excluding hydrogens is 232 g/mol. The first-order valence-electron chi connectivity index (χ1n) is 5.62. The average Bonchev–Trinajstić information content (AvgIpc) is 2.85. The molecule has 6 nitrogen and oxygen atoms in total. The minimum Gasteiger partial charge on any atom is -0.390 e. The molecule has 0 radical (unpaired) electrons. The van der Waals surface area contributed by atoms with E-state index in [4.69, 9.17) is 5.11 Å². The third-order valence-electron chi connectivity index (χ3n) is 2.37. The van der Waals surface area contributed by atoms with Crippen LogP contribution in [0.5, 0.6) is 0 Å². The Kier molecular flexibility index (Phi) is 4.03. The summed E-state index contributed by atoms with van der Waals surface area (Å²) >= 11 is 0. The van der Waals surface area contributed by atoms with Gasteiger partial charge >= 0.3 is 0 Å². The number of benzene rings is 1. The maximum absolute atomic E-state index is 11.6. The second-order valence-electron chi connectivity index (χ2n) is 3.80. The van der Waals surface area contributed by atoms with Crippen LogP contribution in [0.3, 0.4) is 0 Å². The summed E-state index contributed by atoms with van der Waals surface area (Å²) in [5.74, 6) is -0.0813. The summed E-state index contributed by atoms with van der Waals surface area (Å²) < 4.78 is 1.54. The molecule has 0 atom stereocenters. The molecule has 18 heavy (non-hydrogen) atoms. The highest BCUT2D eigenvalue weighted by Gasteiger charge is 2.04. The van der Waals surface area contributed by atoms with Gasteiger partial charge in [-0.05, 0) is 12.1 Å². The van der Waals surface area contributed by atoms with Crippen LogP contribution in [0.2, 0.25) is 0 Å². The Balaban J connectivity index is 1.81. The number of nitrogens with one attached hydrogen (secondary N) is 1. The summed E-state index contributed by atoms with van der Waals surface area (Å²) in [7, 11) is 0. The molecule has 6 heteroatoms. The van der Waals surface area contributed by atoms with Crippen molar-refractivity contribution in [3.8, 4) is 0 Å². The summed E-state index contributed by atoms with van der Waals surface area (Å²) in [6.45, 7) is 0.294. The van der Waals surface area contributed by atoms with Crippen LogP contribution in [-0.2, 0) is 17.9 Å². The van der Waals surface area contributed by atoms with Crippen LogP contribution in [0.15, 0.2) is 36.5 Å². The number of amides is 1. The summed E-state index contributed by atoms with van der Waals surface area (Å²) in [4.78, 5) is 11.6. The fourth-order valence-electron chi connectivity index (χ4n) is 1.48. The van der Waals surface area contributed by atoms with E-state index in [-0.39, 0.29) is 12.5 Å². The van der Waals surface area contributed by atoms with E-state index in [9.17, 15) is 4.79 Å². The predicted octanol–water partition coefficient (Wildman–Crippen LogP) is 0.799. The number of aliphatic hydroxyl groups excluding tert-OH is 1. The zero-order valence-electron chi connectivity index (χ0n) is 9.78. The van der Waals surface area contributed by atoms with Crippen molar-refractivity contribution < 1.29 is 9.90 Å². The molecule has 94 valence electrons. The van der Waals surface area contributed by atoms with E-state index >= 15 is 0 Å². The number of nitrogens with zero attached hydrogens (tertiary/aromatic N) is 3. The number of aromatic nitrogens is 3. The fraction of sp³-hybridized carbons (Fsp3) is 0.250. The second-order valence-corrected chi connectivity index (χ2v) is 3.80. The highest BCUT2D eigenvalue weighted by molar-refractivity contribution is 5.90. The van der Waals surface area contributed by atoms with Crippen LogP contribution in [0.1, 0.15) is 12.1 Å². The Bertz CT molecular complexity index is 510. The smallest absolute Gasteiger partial charge is 0.226 e. The van der Waals surface area contributed by atoms with E-state index in [0.717, 1.165) is 5.69 Å². The normalized spacial score (nSPS) is 10.3. The van der Waals surface area contributed by atoms with Crippen molar-refractivity contribution in [1.82, 2.24) is 15.0 Å². The first kappa shape index (κ1) is 12.3. The van der Waals surface area contributed by atoms with Gasteiger partial charge < -0.3 is 10.4 Å². The SMILES string of the molecule is O=C(CCn1cc(CO)nn1)Nc1ccccc1. The standard InChI is InChI=1S/C12H14N4O2/c17-9-11-8-16(15-14-11)7-6-12(18)13-10-4-2-1-3-5-10/h1-5,8,17H,6-7,9H2,(H,13,18). The van der Waals surface area contributed by atoms with Gasteiger partial charge in [-0.1, -0.05) is 23.4 Å². The molecule has 2 N–H and O–H groups in total. The van der Waals surface area contributed by atoms with Gasteiger partial charge in [-0.15, -0.1) is 5.10 Å². The number of rotatable bonds is 5. The minimum absolute atomic E-state index is 0.0813. The third-order valence-corrected chi connectivity index (χ3v) is 2.37. The molecule has 0 unspecified atom stereocenters. The minimum atomic E-state index is -0.143. The molecule has 0 aliphatic heterocycles. The third kappa shape index (κ3) is 3.39. The van der Waals surface area contributed by atoms with Gasteiger partial charge in [-0.3, -0.25) is 9.48 Å². The van der Waals surface area contributed by atoms with E-state index in [1.165, 1.54) is 4.68 Å². The number of hydrogen-bond donors (Lipinski definition) is 2. The Morgan fingerprint density at radius 3 is 2.78 bits per heavy atom. The maximum atomic E-state index is 11.6. The molecule has 0 fully saturated rings. The van der Waals surface area contributed by atoms with Crippen molar-refractivity contribution in [3.63, 3.8) is 0 Å². The van der Waals surface area contributed by atoms with Crippen LogP contribution in [0.25, 0.3) is 0 Å². The highest BCUT2D eigenvalue weighted by Crippen LogP contribution is 2.05. The molecule has 2 rings (SSSR count). The van der Waals surface area contributed by atoms with E-state index in [1.807, 2.05) is 30.3 Å². The molecule has 2 aromatic rings. The van der Waals surface area contributed by atoms with Gasteiger partial charge in [-0.2, -0.15) is 0 Å². The predicted molar refractivity (Wildman–Crippen MR) is 65.6 cm³/mol. The van der Waals surface area contributed by atoms with Gasteiger partial charge in [0.1, 0.15) is 5.69 Å². The van der Waals surface area contributed by atoms with Crippen molar-refractivity contribution in [1.29, 1.82) is 0 Å². The number of aryl methyl sites for hydroxylation is 1. The molecule has 1 amide bonds. The molecule has 0 bridgehead atoms. The molecule has 0 saturated carbocycles. The largest absolute Gasteiger partial charge is 0.390 e. The monoisotopic (exact) mass is 246 g/mol. The number of carbonyl (C=O) groups excluding carboxylic acids is 1. The van der Waals surface area contributed by atoms with E-state index in [2.05, 4.69) is 15.6 Å². The lowest BCUT2D eigenvalue weighted by molar-refractivity contribution is -0.116. The summed E-state index contributed by atoms with van der Waals surface area (Å²) in [6.07, 6.45) is 1.93. The first-order valence-corrected chi connectivity index (χ1v) is 5.62. The van der Waals surface area contributed by atoms with E-state index < -0.39 is 0 Å². The highest BCUT2D eigenvalue weighted by atomic mass is 16.3. The van der Waals surface area contributed by atoms with E-state index in [0.29, 0.717) is 18.7 Å². The fourth-order valence-corrected chi connectivity index (χ4v) is 1.48. The van der Waals surface area contributed by atoms with Gasteiger partial charge in [0.05, 0.1) is 19.3 Å². The molecule has 0 spiro atoms. The van der Waals surface area contributed by atoms with Crippen molar-refractivity contribution in [3.05, 3.63) is 42.2 Å². The number of carbonyl (C=O) groups is 1. The lowest BCUT2D eigenvalue weighted by atomic mass is 10.3. The van der Waals surface area contributed by atoms with Crippen molar-refractivity contribution >= 4 is 11.6 Å². The molecule has 0 aliphatic rings. The van der Waals surface area contributed by atoms with Gasteiger partial charge in [-0.25, -0.2) is 0 Å². The molecular formula is C12H14N4O2. The molecule has 1 heterocycles. The number of aliphatic hydroxyl groups is 1. The van der Waals surface area contributed by atoms with Gasteiger partial charge in [0.25, 0.3) is 0 Å². The van der Waals surface area contributed by atoms with E-state index in [1.54, 1.807) is 6.20 Å². The van der Waals surface area contributed by atoms with Crippen LogP contribution < -0.4 is 5.32 Å². The summed E-state index contributed by atoms with van der Waals surface area (Å²) in [6, 6.07) is 9.27. The zero-order valence-corrected chi connectivity index (χ0v) is 9.78. The summed E-state index contributed by atoms with van der Waals surface area (Å²) in [5, 5.41) is 19.1. The first-order chi connectivity index (χ1) is 8.78. The Labute approximate surface area is 104 Å². The van der Waals surface area contributed by atoms with Gasteiger partial charge in [0.2, 0.25) is 5.91 Å². The zero-order chi connectivity index (χ0) is 12.8. The lowest BCUT2D eigenvalue weighted by Gasteiger charge is -2.04. The Morgan fingerprint density at radius 2 is 2.11 bits per heavy atom. The lowest BCUT2D eigenvalue weighted by Crippen LogP contribution is -2.14. The Hall–Kier alpha value is -2.21. The Morgan fingerprint density at radius 1 is 1.33 bits per heavy atom. The number of para-hydroxylation sites is 1. The van der Waals surface area contributed by atoms with Crippen LogP contribution in [0.4, 0.5) is 5.69 Å². The van der Waals surface area contributed by atoms with Crippen LogP contribution in [-0.4, -0.2) is 26.0 Å². The number of anilines is 1.